The van der Waals surface area contributed by atoms with Gasteiger partial charge in [0, 0.05) is 16.6 Å². The molecule has 0 aliphatic carbocycles. The Hall–Kier alpha value is -1.31. The summed E-state index contributed by atoms with van der Waals surface area (Å²) in [5, 5.41) is 20.2. The van der Waals surface area contributed by atoms with Crippen molar-refractivity contribution in [1.82, 2.24) is 20.3 Å². The molecule has 0 atom stereocenters. The second kappa shape index (κ2) is 7.11. The summed E-state index contributed by atoms with van der Waals surface area (Å²) >= 11 is 15.1. The number of hydrogen-bond acceptors (Lipinski definition) is 4. The number of nitrogens with zero attached hydrogens (tertiary/aromatic N) is 3. The van der Waals surface area contributed by atoms with Crippen LogP contribution in [0.3, 0.4) is 0 Å². The number of amides is 1. The number of nitrogens with one attached hydrogen (secondary N) is 1. The van der Waals surface area contributed by atoms with Gasteiger partial charge in [-0.3, -0.25) is 4.79 Å². The lowest BCUT2D eigenvalue weighted by Crippen LogP contribution is -2.28. The molecule has 21 heavy (non-hydrogen) atoms. The number of carbonyl (C=O) groups excluding carboxylic acids is 1. The van der Waals surface area contributed by atoms with Crippen LogP contribution in [-0.4, -0.2) is 32.6 Å². The van der Waals surface area contributed by atoms with Crippen LogP contribution in [0.2, 0.25) is 10.0 Å². The van der Waals surface area contributed by atoms with Gasteiger partial charge in [0.25, 0.3) is 0 Å². The number of carbonyl (C=O) groups is 1. The van der Waals surface area contributed by atoms with E-state index in [4.69, 9.17) is 23.2 Å². The van der Waals surface area contributed by atoms with Crippen LogP contribution in [-0.2, 0) is 17.8 Å². The third-order valence-corrected chi connectivity index (χ3v) is 3.67. The zero-order valence-corrected chi connectivity index (χ0v) is 13.8. The molecule has 1 aromatic heterocycles. The highest BCUT2D eigenvalue weighted by molar-refractivity contribution is 9.10. The van der Waals surface area contributed by atoms with Gasteiger partial charge < -0.3 is 10.4 Å². The van der Waals surface area contributed by atoms with Crippen LogP contribution in [0.1, 0.15) is 5.56 Å². The van der Waals surface area contributed by atoms with Crippen molar-refractivity contribution in [3.05, 3.63) is 38.5 Å². The zero-order valence-electron chi connectivity index (χ0n) is 10.7. The maximum atomic E-state index is 11.9. The predicted molar refractivity (Wildman–Crippen MR) is 82.6 cm³/mol. The van der Waals surface area contributed by atoms with Gasteiger partial charge in [-0.25, -0.2) is 4.68 Å². The van der Waals surface area contributed by atoms with E-state index in [1.54, 1.807) is 10.9 Å². The first-order valence-corrected chi connectivity index (χ1v) is 7.50. The van der Waals surface area contributed by atoms with E-state index in [0.29, 0.717) is 23.3 Å². The van der Waals surface area contributed by atoms with Gasteiger partial charge in [0.15, 0.2) is 0 Å². The van der Waals surface area contributed by atoms with Crippen molar-refractivity contribution in [2.45, 2.75) is 13.0 Å². The number of rotatable bonds is 5. The minimum atomic E-state index is -0.219. The molecule has 9 heteroatoms. The van der Waals surface area contributed by atoms with Crippen LogP contribution >= 0.6 is 39.1 Å². The summed E-state index contributed by atoms with van der Waals surface area (Å²) in [6, 6.07) is 2.70. The van der Waals surface area contributed by atoms with Crippen LogP contribution < -0.4 is 5.32 Å². The van der Waals surface area contributed by atoms with Gasteiger partial charge in [0.1, 0.15) is 10.4 Å². The summed E-state index contributed by atoms with van der Waals surface area (Å²) in [5.74, 6) is -0.255. The van der Waals surface area contributed by atoms with E-state index in [0.717, 1.165) is 0 Å². The standard InChI is InChI=1S/C12H11BrCl2N4O2/c13-11-6-19(18-17-11)2-1-16-12(21)5-8-9(14)3-7(20)4-10(8)15/h3-4,6,20H,1-2,5H2,(H,16,21). The van der Waals surface area contributed by atoms with Gasteiger partial charge in [-0.05, 0) is 33.6 Å². The van der Waals surface area contributed by atoms with Crippen molar-refractivity contribution < 1.29 is 9.90 Å². The molecule has 2 rings (SSSR count). The lowest BCUT2D eigenvalue weighted by Gasteiger charge is -2.09. The maximum Gasteiger partial charge on any atom is 0.224 e. The molecule has 0 fully saturated rings. The zero-order chi connectivity index (χ0) is 15.4. The summed E-state index contributed by atoms with van der Waals surface area (Å²) in [5.41, 5.74) is 0.483. The summed E-state index contributed by atoms with van der Waals surface area (Å²) in [4.78, 5) is 11.9. The first-order chi connectivity index (χ1) is 9.95. The van der Waals surface area contributed by atoms with E-state index < -0.39 is 0 Å². The van der Waals surface area contributed by atoms with E-state index >= 15 is 0 Å². The Kier molecular flexibility index (Phi) is 5.44. The molecule has 0 aliphatic rings. The van der Waals surface area contributed by atoms with Crippen molar-refractivity contribution in [3.8, 4) is 5.75 Å². The molecular weight excluding hydrogens is 383 g/mol. The summed E-state index contributed by atoms with van der Waals surface area (Å²) < 4.78 is 2.24. The van der Waals surface area contributed by atoms with Crippen molar-refractivity contribution >= 4 is 45.0 Å². The molecule has 112 valence electrons. The molecule has 0 spiro atoms. The number of hydrogen-bond donors (Lipinski definition) is 2. The Labute approximate surface area is 139 Å². The fourth-order valence-electron chi connectivity index (χ4n) is 1.68. The predicted octanol–water partition coefficient (Wildman–Crippen LogP) is 2.41. The van der Waals surface area contributed by atoms with Crippen LogP contribution in [0.15, 0.2) is 22.9 Å². The van der Waals surface area contributed by atoms with Gasteiger partial charge >= 0.3 is 0 Å². The van der Waals surface area contributed by atoms with Gasteiger partial charge in [0.2, 0.25) is 5.91 Å². The van der Waals surface area contributed by atoms with Crippen LogP contribution in [0.25, 0.3) is 0 Å². The average molecular weight is 394 g/mol. The average Bonchev–Trinajstić information content (AvgIpc) is 2.79. The summed E-state index contributed by atoms with van der Waals surface area (Å²) in [7, 11) is 0. The second-order valence-corrected chi connectivity index (χ2v) is 5.85. The molecule has 0 aliphatic heterocycles. The second-order valence-electron chi connectivity index (χ2n) is 4.22. The van der Waals surface area contributed by atoms with E-state index in [2.05, 4.69) is 31.6 Å². The summed E-state index contributed by atoms with van der Waals surface area (Å²) in [6.07, 6.45) is 1.75. The smallest absolute Gasteiger partial charge is 0.224 e. The van der Waals surface area contributed by atoms with E-state index in [-0.39, 0.29) is 28.1 Å². The molecule has 0 unspecified atom stereocenters. The fourth-order valence-corrected chi connectivity index (χ4v) is 2.59. The van der Waals surface area contributed by atoms with Gasteiger partial charge in [0.05, 0.1) is 19.2 Å². The molecule has 1 aromatic carbocycles. The molecule has 1 amide bonds. The third-order valence-electron chi connectivity index (χ3n) is 2.64. The molecule has 0 radical (unpaired) electrons. The molecule has 0 saturated heterocycles. The Morgan fingerprint density at radius 3 is 2.62 bits per heavy atom. The Morgan fingerprint density at radius 1 is 1.38 bits per heavy atom. The quantitative estimate of drug-likeness (QED) is 0.817. The molecule has 0 bridgehead atoms. The van der Waals surface area contributed by atoms with Gasteiger partial charge in [-0.15, -0.1) is 5.10 Å². The van der Waals surface area contributed by atoms with E-state index in [9.17, 15) is 9.90 Å². The molecule has 6 nitrogen and oxygen atoms in total. The normalized spacial score (nSPS) is 10.6. The molecule has 2 N–H and O–H groups in total. The van der Waals surface area contributed by atoms with Crippen molar-refractivity contribution in [2.75, 3.05) is 6.54 Å². The van der Waals surface area contributed by atoms with Crippen LogP contribution in [0.5, 0.6) is 5.75 Å². The maximum absolute atomic E-state index is 11.9. The number of halogens is 3. The Morgan fingerprint density at radius 2 is 2.05 bits per heavy atom. The Balaban J connectivity index is 1.87. The highest BCUT2D eigenvalue weighted by Gasteiger charge is 2.12. The van der Waals surface area contributed by atoms with Crippen LogP contribution in [0.4, 0.5) is 0 Å². The van der Waals surface area contributed by atoms with Crippen LogP contribution in [0, 0.1) is 0 Å². The molecule has 0 saturated carbocycles. The SMILES string of the molecule is O=C(Cc1c(Cl)cc(O)cc1Cl)NCCn1cc(Br)nn1. The highest BCUT2D eigenvalue weighted by atomic mass is 79.9. The lowest BCUT2D eigenvalue weighted by atomic mass is 10.1. The number of benzene rings is 1. The monoisotopic (exact) mass is 392 g/mol. The number of phenolic OH excluding ortho intramolecular Hbond substituents is 1. The minimum Gasteiger partial charge on any atom is -0.508 e. The van der Waals surface area contributed by atoms with Crippen molar-refractivity contribution in [3.63, 3.8) is 0 Å². The molecule has 2 aromatic rings. The first kappa shape index (κ1) is 16.1. The molecular formula is C12H11BrCl2N4O2. The largest absolute Gasteiger partial charge is 0.508 e. The van der Waals surface area contributed by atoms with Gasteiger partial charge in [-0.1, -0.05) is 28.4 Å². The minimum absolute atomic E-state index is 0.0362. The number of aromatic hydroxyl groups is 1. The highest BCUT2D eigenvalue weighted by Crippen LogP contribution is 2.29. The molecule has 1 heterocycles. The fraction of sp³-hybridized carbons (Fsp3) is 0.250. The third kappa shape index (κ3) is 4.59. The van der Waals surface area contributed by atoms with Crippen molar-refractivity contribution in [1.29, 1.82) is 0 Å². The number of aromatic nitrogens is 3. The van der Waals surface area contributed by atoms with Crippen molar-refractivity contribution in [2.24, 2.45) is 0 Å². The summed E-state index contributed by atoms with van der Waals surface area (Å²) in [6.45, 7) is 0.906. The van der Waals surface area contributed by atoms with Gasteiger partial charge in [-0.2, -0.15) is 0 Å². The Bertz CT molecular complexity index is 639. The first-order valence-electron chi connectivity index (χ1n) is 5.95. The number of phenols is 1. The van der Waals surface area contributed by atoms with E-state index in [1.807, 2.05) is 0 Å². The van der Waals surface area contributed by atoms with E-state index in [1.165, 1.54) is 12.1 Å². The topological polar surface area (TPSA) is 80.0 Å². The lowest BCUT2D eigenvalue weighted by molar-refractivity contribution is -0.120.